The number of ether oxygens (including phenoxy) is 3. The SMILES string of the molecule is C=C[C@H]1CC[C@H](C)c2c(OC)c(OC)c(C)c(OC)c21. The minimum absolute atomic E-state index is 0.314. The smallest absolute Gasteiger partial charge is 0.167 e. The van der Waals surface area contributed by atoms with Gasteiger partial charge < -0.3 is 14.2 Å². The summed E-state index contributed by atoms with van der Waals surface area (Å²) in [7, 11) is 5.09. The van der Waals surface area contributed by atoms with Gasteiger partial charge in [0.25, 0.3) is 0 Å². The lowest BCUT2D eigenvalue weighted by Crippen LogP contribution is -2.16. The first kappa shape index (κ1) is 14.8. The highest BCUT2D eigenvalue weighted by atomic mass is 16.5. The van der Waals surface area contributed by atoms with Crippen molar-refractivity contribution < 1.29 is 14.2 Å². The molecular formula is C17H24O3. The van der Waals surface area contributed by atoms with E-state index in [-0.39, 0.29) is 0 Å². The van der Waals surface area contributed by atoms with Gasteiger partial charge in [0.1, 0.15) is 5.75 Å². The Morgan fingerprint density at radius 2 is 1.55 bits per heavy atom. The maximum atomic E-state index is 5.68. The molecule has 3 heteroatoms. The fourth-order valence-corrected chi connectivity index (χ4v) is 3.37. The van der Waals surface area contributed by atoms with Crippen molar-refractivity contribution in [2.75, 3.05) is 21.3 Å². The maximum Gasteiger partial charge on any atom is 0.167 e. The molecule has 0 N–H and O–H groups in total. The Balaban J connectivity index is 2.85. The van der Waals surface area contributed by atoms with Crippen LogP contribution in [0.25, 0.3) is 0 Å². The lowest BCUT2D eigenvalue weighted by Gasteiger charge is -2.33. The highest BCUT2D eigenvalue weighted by molar-refractivity contribution is 5.65. The Bertz CT molecular complexity index is 520. The first-order valence-electron chi connectivity index (χ1n) is 7.05. The zero-order valence-electron chi connectivity index (χ0n) is 13.1. The van der Waals surface area contributed by atoms with Crippen LogP contribution in [0.4, 0.5) is 0 Å². The highest BCUT2D eigenvalue weighted by Gasteiger charge is 2.33. The fourth-order valence-electron chi connectivity index (χ4n) is 3.37. The normalized spacial score (nSPS) is 21.1. The van der Waals surface area contributed by atoms with Crippen LogP contribution in [0.1, 0.15) is 48.3 Å². The van der Waals surface area contributed by atoms with Gasteiger partial charge in [-0.05, 0) is 25.7 Å². The molecule has 0 fully saturated rings. The average molecular weight is 276 g/mol. The monoisotopic (exact) mass is 276 g/mol. The zero-order valence-corrected chi connectivity index (χ0v) is 13.1. The molecule has 0 heterocycles. The molecule has 1 aromatic rings. The first-order valence-corrected chi connectivity index (χ1v) is 7.05. The number of fused-ring (bicyclic) bond motifs is 1. The molecule has 1 aromatic carbocycles. The highest BCUT2D eigenvalue weighted by Crippen LogP contribution is 2.53. The lowest BCUT2D eigenvalue weighted by molar-refractivity contribution is 0.332. The van der Waals surface area contributed by atoms with E-state index >= 15 is 0 Å². The molecule has 2 atom stereocenters. The molecule has 2 rings (SSSR count). The summed E-state index contributed by atoms with van der Waals surface area (Å²) < 4.78 is 16.9. The van der Waals surface area contributed by atoms with E-state index in [1.54, 1.807) is 21.3 Å². The summed E-state index contributed by atoms with van der Waals surface area (Å²) in [5, 5.41) is 0. The van der Waals surface area contributed by atoms with E-state index in [1.165, 1.54) is 11.1 Å². The van der Waals surface area contributed by atoms with Crippen molar-refractivity contribution in [3.05, 3.63) is 29.3 Å². The van der Waals surface area contributed by atoms with Gasteiger partial charge >= 0.3 is 0 Å². The molecule has 0 radical (unpaired) electrons. The molecule has 0 saturated heterocycles. The Labute approximate surface area is 121 Å². The van der Waals surface area contributed by atoms with Gasteiger partial charge in [-0.3, -0.25) is 0 Å². The molecular weight excluding hydrogens is 252 g/mol. The minimum Gasteiger partial charge on any atom is -0.496 e. The molecule has 0 saturated carbocycles. The van der Waals surface area contributed by atoms with Crippen molar-refractivity contribution in [1.29, 1.82) is 0 Å². The third kappa shape index (κ3) is 2.05. The zero-order chi connectivity index (χ0) is 14.9. The molecule has 0 aromatic heterocycles. The van der Waals surface area contributed by atoms with Crippen molar-refractivity contribution in [2.24, 2.45) is 0 Å². The second kappa shape index (κ2) is 5.78. The molecule has 0 spiro atoms. The average Bonchev–Trinajstić information content (AvgIpc) is 2.46. The molecule has 0 unspecified atom stereocenters. The summed E-state index contributed by atoms with van der Waals surface area (Å²) in [5.41, 5.74) is 3.42. The van der Waals surface area contributed by atoms with Crippen LogP contribution in [0.5, 0.6) is 17.2 Å². The van der Waals surface area contributed by atoms with Crippen molar-refractivity contribution in [3.8, 4) is 17.2 Å². The summed E-state index contributed by atoms with van der Waals surface area (Å²) in [6.07, 6.45) is 4.23. The van der Waals surface area contributed by atoms with Crippen molar-refractivity contribution >= 4 is 0 Å². The molecule has 0 aliphatic heterocycles. The third-order valence-corrected chi connectivity index (χ3v) is 4.34. The minimum atomic E-state index is 0.314. The van der Waals surface area contributed by atoms with E-state index in [2.05, 4.69) is 13.5 Å². The standard InChI is InChI=1S/C17H24O3/c1-7-12-9-8-10(2)13-14(12)15(18-4)11(3)16(19-5)17(13)20-6/h7,10,12H,1,8-9H2,2-6H3/t10-,12-/m0/s1. The molecule has 0 bridgehead atoms. The largest absolute Gasteiger partial charge is 0.496 e. The summed E-state index contributed by atoms with van der Waals surface area (Å²) in [5.74, 6) is 3.28. The number of allylic oxidation sites excluding steroid dienone is 1. The van der Waals surface area contributed by atoms with Crippen LogP contribution in [-0.2, 0) is 0 Å². The van der Waals surface area contributed by atoms with Crippen LogP contribution in [-0.4, -0.2) is 21.3 Å². The van der Waals surface area contributed by atoms with E-state index in [1.807, 2.05) is 13.0 Å². The van der Waals surface area contributed by atoms with E-state index in [4.69, 9.17) is 14.2 Å². The quantitative estimate of drug-likeness (QED) is 0.772. The summed E-state index contributed by atoms with van der Waals surface area (Å²) in [6, 6.07) is 0. The molecule has 0 amide bonds. The number of benzene rings is 1. The lowest BCUT2D eigenvalue weighted by atomic mass is 9.75. The van der Waals surface area contributed by atoms with Crippen molar-refractivity contribution in [2.45, 2.75) is 38.5 Å². The van der Waals surface area contributed by atoms with Gasteiger partial charge in [-0.2, -0.15) is 0 Å². The van der Waals surface area contributed by atoms with Gasteiger partial charge in [-0.15, -0.1) is 6.58 Å². The van der Waals surface area contributed by atoms with Crippen LogP contribution in [0.15, 0.2) is 12.7 Å². The molecule has 110 valence electrons. The topological polar surface area (TPSA) is 27.7 Å². The maximum absolute atomic E-state index is 5.68. The predicted molar refractivity (Wildman–Crippen MR) is 81.4 cm³/mol. The Kier molecular flexibility index (Phi) is 4.26. The van der Waals surface area contributed by atoms with Gasteiger partial charge in [0.05, 0.1) is 21.3 Å². The number of rotatable bonds is 4. The van der Waals surface area contributed by atoms with Gasteiger partial charge in [-0.25, -0.2) is 0 Å². The molecule has 1 aliphatic carbocycles. The van der Waals surface area contributed by atoms with Crippen molar-refractivity contribution in [1.82, 2.24) is 0 Å². The number of hydrogen-bond acceptors (Lipinski definition) is 3. The van der Waals surface area contributed by atoms with Crippen LogP contribution >= 0.6 is 0 Å². The van der Waals surface area contributed by atoms with Crippen LogP contribution in [0, 0.1) is 6.92 Å². The molecule has 1 aliphatic rings. The molecule has 3 nitrogen and oxygen atoms in total. The Morgan fingerprint density at radius 3 is 2.05 bits per heavy atom. The van der Waals surface area contributed by atoms with Crippen molar-refractivity contribution in [3.63, 3.8) is 0 Å². The summed E-state index contributed by atoms with van der Waals surface area (Å²) in [4.78, 5) is 0. The second-order valence-corrected chi connectivity index (χ2v) is 5.37. The van der Waals surface area contributed by atoms with Gasteiger partial charge in [0, 0.05) is 22.6 Å². The van der Waals surface area contributed by atoms with E-state index in [0.29, 0.717) is 11.8 Å². The van der Waals surface area contributed by atoms with E-state index in [0.717, 1.165) is 35.7 Å². The van der Waals surface area contributed by atoms with E-state index in [9.17, 15) is 0 Å². The molecule has 20 heavy (non-hydrogen) atoms. The van der Waals surface area contributed by atoms with Crippen LogP contribution in [0.3, 0.4) is 0 Å². The number of methoxy groups -OCH3 is 3. The Morgan fingerprint density at radius 1 is 0.950 bits per heavy atom. The van der Waals surface area contributed by atoms with Gasteiger partial charge in [-0.1, -0.05) is 13.0 Å². The summed E-state index contributed by atoms with van der Waals surface area (Å²) in [6.45, 7) is 8.23. The van der Waals surface area contributed by atoms with E-state index < -0.39 is 0 Å². The predicted octanol–water partition coefficient (Wildman–Crippen LogP) is 4.19. The van der Waals surface area contributed by atoms with Crippen LogP contribution in [0.2, 0.25) is 0 Å². The van der Waals surface area contributed by atoms with Gasteiger partial charge in [0.15, 0.2) is 11.5 Å². The number of hydrogen-bond donors (Lipinski definition) is 0. The second-order valence-electron chi connectivity index (χ2n) is 5.37. The van der Waals surface area contributed by atoms with Gasteiger partial charge in [0.2, 0.25) is 0 Å². The first-order chi connectivity index (χ1) is 9.60. The Hall–Kier alpha value is -1.64. The summed E-state index contributed by atoms with van der Waals surface area (Å²) >= 11 is 0. The van der Waals surface area contributed by atoms with Crippen LogP contribution < -0.4 is 14.2 Å². The fraction of sp³-hybridized carbons (Fsp3) is 0.529. The third-order valence-electron chi connectivity index (χ3n) is 4.34.